The van der Waals surface area contributed by atoms with Gasteiger partial charge in [0.05, 0.1) is 5.56 Å². The molecule has 2 rings (SSSR count). The van der Waals surface area contributed by atoms with Gasteiger partial charge in [-0.2, -0.15) is 13.2 Å². The van der Waals surface area contributed by atoms with Gasteiger partial charge in [0.25, 0.3) is 5.91 Å². The molecule has 0 bridgehead atoms. The van der Waals surface area contributed by atoms with E-state index in [2.05, 4.69) is 5.32 Å². The minimum Gasteiger partial charge on any atom is -0.412 e. The van der Waals surface area contributed by atoms with Crippen molar-refractivity contribution in [3.63, 3.8) is 0 Å². The molecule has 0 saturated heterocycles. The smallest absolute Gasteiger partial charge is 0.412 e. The van der Waals surface area contributed by atoms with E-state index in [-0.39, 0.29) is 11.2 Å². The summed E-state index contributed by atoms with van der Waals surface area (Å²) in [6.45, 7) is 1.88. The third-order valence-corrected chi connectivity index (χ3v) is 2.76. The van der Waals surface area contributed by atoms with Gasteiger partial charge in [0, 0.05) is 11.3 Å². The standard InChI is InChI=1S/C15H12F3NO.H2O/c1-10-5-7-11(8-6-10)14(20)19-13-4-2-3-12(9-13)15(16,17)18;/h2-9H,1H3,(H,19,20);1H2. The molecule has 0 fully saturated rings. The Morgan fingerprint density at radius 2 is 1.67 bits per heavy atom. The highest BCUT2D eigenvalue weighted by molar-refractivity contribution is 6.04. The summed E-state index contributed by atoms with van der Waals surface area (Å²) in [4.78, 5) is 11.9. The number of benzene rings is 2. The average molecular weight is 297 g/mol. The van der Waals surface area contributed by atoms with Crippen LogP contribution in [0.3, 0.4) is 0 Å². The Morgan fingerprint density at radius 1 is 1.05 bits per heavy atom. The molecule has 0 unspecified atom stereocenters. The maximum Gasteiger partial charge on any atom is 0.416 e. The van der Waals surface area contributed by atoms with Gasteiger partial charge < -0.3 is 10.8 Å². The number of hydrogen-bond donors (Lipinski definition) is 1. The van der Waals surface area contributed by atoms with Gasteiger partial charge >= 0.3 is 6.18 Å². The Hall–Kier alpha value is -2.34. The van der Waals surface area contributed by atoms with Crippen molar-refractivity contribution in [1.29, 1.82) is 0 Å². The Kier molecular flexibility index (Phi) is 5.10. The Labute approximate surface area is 119 Å². The predicted octanol–water partition coefficient (Wildman–Crippen LogP) is 3.44. The molecule has 112 valence electrons. The lowest BCUT2D eigenvalue weighted by molar-refractivity contribution is -0.137. The van der Waals surface area contributed by atoms with Crippen LogP contribution in [0.4, 0.5) is 18.9 Å². The molecule has 0 aromatic heterocycles. The summed E-state index contributed by atoms with van der Waals surface area (Å²) in [5.41, 5.74) is 0.721. The third-order valence-electron chi connectivity index (χ3n) is 2.76. The first-order valence-corrected chi connectivity index (χ1v) is 5.91. The number of hydrogen-bond acceptors (Lipinski definition) is 1. The number of anilines is 1. The number of carbonyl (C=O) groups is 1. The van der Waals surface area contributed by atoms with E-state index in [1.54, 1.807) is 24.3 Å². The minimum atomic E-state index is -4.43. The molecule has 0 saturated carbocycles. The zero-order valence-corrected chi connectivity index (χ0v) is 11.2. The van der Waals surface area contributed by atoms with Crippen molar-refractivity contribution < 1.29 is 23.4 Å². The second kappa shape index (κ2) is 6.41. The lowest BCUT2D eigenvalue weighted by atomic mass is 10.1. The van der Waals surface area contributed by atoms with Crippen LogP contribution >= 0.6 is 0 Å². The van der Waals surface area contributed by atoms with E-state index in [1.165, 1.54) is 12.1 Å². The Balaban J connectivity index is 0.00000220. The highest BCUT2D eigenvalue weighted by atomic mass is 19.4. The van der Waals surface area contributed by atoms with Crippen LogP contribution in [0.1, 0.15) is 21.5 Å². The number of halogens is 3. The second-order valence-electron chi connectivity index (χ2n) is 4.40. The minimum absolute atomic E-state index is 0. The fourth-order valence-corrected chi connectivity index (χ4v) is 1.68. The molecule has 0 aliphatic rings. The SMILES string of the molecule is Cc1ccc(C(=O)Nc2cccc(C(F)(F)F)c2)cc1.O. The van der Waals surface area contributed by atoms with E-state index in [4.69, 9.17) is 0 Å². The van der Waals surface area contributed by atoms with Crippen molar-refractivity contribution in [3.8, 4) is 0 Å². The van der Waals surface area contributed by atoms with Crippen molar-refractivity contribution in [2.24, 2.45) is 0 Å². The zero-order valence-electron chi connectivity index (χ0n) is 11.2. The average Bonchev–Trinajstić information content (AvgIpc) is 2.38. The molecule has 0 radical (unpaired) electrons. The quantitative estimate of drug-likeness (QED) is 0.906. The molecule has 0 heterocycles. The monoisotopic (exact) mass is 297 g/mol. The highest BCUT2D eigenvalue weighted by Crippen LogP contribution is 2.30. The predicted molar refractivity (Wildman–Crippen MR) is 74.2 cm³/mol. The summed E-state index contributed by atoms with van der Waals surface area (Å²) in [6, 6.07) is 11.3. The van der Waals surface area contributed by atoms with Gasteiger partial charge in [0.15, 0.2) is 0 Å². The lowest BCUT2D eigenvalue weighted by Gasteiger charge is -2.10. The fraction of sp³-hybridized carbons (Fsp3) is 0.133. The molecule has 0 aliphatic carbocycles. The van der Waals surface area contributed by atoms with Gasteiger partial charge in [-0.3, -0.25) is 4.79 Å². The molecule has 0 aliphatic heterocycles. The Bertz CT molecular complexity index is 622. The van der Waals surface area contributed by atoms with Crippen molar-refractivity contribution in [1.82, 2.24) is 0 Å². The van der Waals surface area contributed by atoms with Gasteiger partial charge in [-0.05, 0) is 37.3 Å². The molecule has 0 atom stereocenters. The van der Waals surface area contributed by atoms with E-state index in [0.29, 0.717) is 5.56 Å². The van der Waals surface area contributed by atoms with Gasteiger partial charge in [-0.25, -0.2) is 0 Å². The maximum atomic E-state index is 12.6. The van der Waals surface area contributed by atoms with E-state index >= 15 is 0 Å². The van der Waals surface area contributed by atoms with E-state index in [0.717, 1.165) is 17.7 Å². The molecule has 2 aromatic carbocycles. The first-order valence-electron chi connectivity index (χ1n) is 5.91. The molecule has 3 nitrogen and oxygen atoms in total. The highest BCUT2D eigenvalue weighted by Gasteiger charge is 2.30. The molecule has 6 heteroatoms. The maximum absolute atomic E-state index is 12.6. The molecular weight excluding hydrogens is 283 g/mol. The van der Waals surface area contributed by atoms with E-state index in [9.17, 15) is 18.0 Å². The first kappa shape index (κ1) is 16.7. The van der Waals surface area contributed by atoms with Gasteiger partial charge in [-0.15, -0.1) is 0 Å². The summed E-state index contributed by atoms with van der Waals surface area (Å²) in [5, 5.41) is 2.45. The van der Waals surface area contributed by atoms with Crippen LogP contribution in [0.25, 0.3) is 0 Å². The largest absolute Gasteiger partial charge is 0.416 e. The van der Waals surface area contributed by atoms with E-state index in [1.807, 2.05) is 6.92 Å². The molecule has 0 spiro atoms. The molecule has 21 heavy (non-hydrogen) atoms. The number of amides is 1. The zero-order chi connectivity index (χ0) is 14.8. The summed E-state index contributed by atoms with van der Waals surface area (Å²) in [7, 11) is 0. The van der Waals surface area contributed by atoms with Crippen LogP contribution in [0.2, 0.25) is 0 Å². The summed E-state index contributed by atoms with van der Waals surface area (Å²) < 4.78 is 37.7. The first-order chi connectivity index (χ1) is 9.36. The number of rotatable bonds is 2. The molecule has 2 aromatic rings. The van der Waals surface area contributed by atoms with Crippen LogP contribution in [0.5, 0.6) is 0 Å². The van der Waals surface area contributed by atoms with Crippen LogP contribution in [0.15, 0.2) is 48.5 Å². The molecule has 3 N–H and O–H groups in total. The topological polar surface area (TPSA) is 60.6 Å². The van der Waals surface area contributed by atoms with Crippen LogP contribution in [-0.4, -0.2) is 11.4 Å². The normalized spacial score (nSPS) is 10.7. The van der Waals surface area contributed by atoms with Crippen LogP contribution in [-0.2, 0) is 6.18 Å². The van der Waals surface area contributed by atoms with Crippen molar-refractivity contribution in [2.75, 3.05) is 5.32 Å². The number of aryl methyl sites for hydroxylation is 1. The van der Waals surface area contributed by atoms with Crippen LogP contribution < -0.4 is 5.32 Å². The number of alkyl halides is 3. The third kappa shape index (κ3) is 4.32. The summed E-state index contributed by atoms with van der Waals surface area (Å²) >= 11 is 0. The number of carbonyl (C=O) groups excluding carboxylic acids is 1. The van der Waals surface area contributed by atoms with E-state index < -0.39 is 17.6 Å². The summed E-state index contributed by atoms with van der Waals surface area (Å²) in [5.74, 6) is -0.440. The van der Waals surface area contributed by atoms with Crippen molar-refractivity contribution in [2.45, 2.75) is 13.1 Å². The van der Waals surface area contributed by atoms with Crippen molar-refractivity contribution in [3.05, 3.63) is 65.2 Å². The fourth-order valence-electron chi connectivity index (χ4n) is 1.68. The molecule has 1 amide bonds. The van der Waals surface area contributed by atoms with Gasteiger partial charge in [-0.1, -0.05) is 23.8 Å². The Morgan fingerprint density at radius 3 is 2.24 bits per heavy atom. The summed E-state index contributed by atoms with van der Waals surface area (Å²) in [6.07, 6.45) is -4.43. The second-order valence-corrected chi connectivity index (χ2v) is 4.40. The van der Waals surface area contributed by atoms with Crippen LogP contribution in [0, 0.1) is 6.92 Å². The van der Waals surface area contributed by atoms with Crippen molar-refractivity contribution >= 4 is 11.6 Å². The number of nitrogens with one attached hydrogen (secondary N) is 1. The van der Waals surface area contributed by atoms with Gasteiger partial charge in [0.2, 0.25) is 0 Å². The van der Waals surface area contributed by atoms with Gasteiger partial charge in [0.1, 0.15) is 0 Å². The lowest BCUT2D eigenvalue weighted by Crippen LogP contribution is -2.13. The molecular formula is C15H14F3NO2.